The lowest BCUT2D eigenvalue weighted by Gasteiger charge is -2.30. The van der Waals surface area contributed by atoms with Crippen molar-refractivity contribution in [1.29, 1.82) is 0 Å². The van der Waals surface area contributed by atoms with Crippen molar-refractivity contribution in [3.8, 4) is 5.88 Å². The molecule has 4 N–H and O–H groups in total. The summed E-state index contributed by atoms with van der Waals surface area (Å²) >= 11 is 0. The number of ether oxygens (including phenoxy) is 2. The predicted molar refractivity (Wildman–Crippen MR) is 119 cm³/mol. The molecule has 0 bridgehead atoms. The molecule has 15 heteroatoms. The van der Waals surface area contributed by atoms with Crippen LogP contribution in [-0.4, -0.2) is 72.8 Å². The summed E-state index contributed by atoms with van der Waals surface area (Å²) in [6, 6.07) is 3.42. The maximum absolute atomic E-state index is 13.1. The maximum atomic E-state index is 13.1. The highest BCUT2D eigenvalue weighted by atomic mass is 31.2. The Labute approximate surface area is 199 Å². The molecule has 0 radical (unpaired) electrons. The van der Waals surface area contributed by atoms with Crippen molar-refractivity contribution in [1.82, 2.24) is 24.5 Å². The number of fused-ring (bicyclic) bond motifs is 1. The van der Waals surface area contributed by atoms with E-state index in [1.165, 1.54) is 31.3 Å². The summed E-state index contributed by atoms with van der Waals surface area (Å²) in [6.07, 6.45) is 0.534. The molecule has 0 spiro atoms. The van der Waals surface area contributed by atoms with E-state index in [-0.39, 0.29) is 19.0 Å². The topological polar surface area (TPSA) is 186 Å². The van der Waals surface area contributed by atoms with Gasteiger partial charge in [-0.25, -0.2) is 24.5 Å². The summed E-state index contributed by atoms with van der Waals surface area (Å²) in [5, 5.41) is 21.8. The Morgan fingerprint density at radius 3 is 2.89 bits per heavy atom. The first kappa shape index (κ1) is 24.0. The van der Waals surface area contributed by atoms with E-state index in [1.54, 1.807) is 18.3 Å². The van der Waals surface area contributed by atoms with Crippen molar-refractivity contribution in [2.45, 2.75) is 43.5 Å². The Kier molecular flexibility index (Phi) is 6.21. The molecule has 0 aliphatic carbocycles. The zero-order valence-electron chi connectivity index (χ0n) is 18.9. The molecule has 3 aromatic rings. The number of nitrogen functional groups attached to an aromatic ring is 1. The summed E-state index contributed by atoms with van der Waals surface area (Å²) < 4.78 is 41.9. The second kappa shape index (κ2) is 9.06. The minimum atomic E-state index is -3.99. The molecule has 0 unspecified atom stereocenters. The van der Waals surface area contributed by atoms with Gasteiger partial charge in [-0.2, -0.15) is 0 Å². The number of hydrogen-bond acceptors (Lipinski definition) is 13. The Morgan fingerprint density at radius 2 is 2.14 bits per heavy atom. The number of aliphatic hydroxyl groups excluding tert-OH is 1. The van der Waals surface area contributed by atoms with Crippen LogP contribution in [0.4, 0.5) is 5.82 Å². The fourth-order valence-electron chi connectivity index (χ4n) is 4.09. The lowest BCUT2D eigenvalue weighted by atomic mass is 9.96. The molecule has 6 atom stereocenters. The van der Waals surface area contributed by atoms with Crippen LogP contribution in [0.15, 0.2) is 31.0 Å². The van der Waals surface area contributed by atoms with Crippen molar-refractivity contribution in [3.05, 3.63) is 36.5 Å². The molecule has 3 aromatic heterocycles. The summed E-state index contributed by atoms with van der Waals surface area (Å²) in [6.45, 7) is 1.16. The Hall–Kier alpha value is -2.71. The molecular weight excluding hydrogens is 483 g/mol. The van der Waals surface area contributed by atoms with E-state index in [9.17, 15) is 14.8 Å². The van der Waals surface area contributed by atoms with Crippen LogP contribution in [0.3, 0.4) is 0 Å². The number of anilines is 1. The van der Waals surface area contributed by atoms with Crippen LogP contribution in [0.5, 0.6) is 5.88 Å². The average molecular weight is 508 g/mol. The van der Waals surface area contributed by atoms with Crippen molar-refractivity contribution in [2.75, 3.05) is 26.1 Å². The molecule has 14 nitrogen and oxygen atoms in total. The molecule has 5 rings (SSSR count). The molecule has 0 amide bonds. The first-order chi connectivity index (χ1) is 16.7. The van der Waals surface area contributed by atoms with Crippen molar-refractivity contribution < 1.29 is 37.8 Å². The second-order valence-electron chi connectivity index (χ2n) is 8.37. The second-order valence-corrected chi connectivity index (χ2v) is 9.99. The van der Waals surface area contributed by atoms with E-state index in [4.69, 9.17) is 28.8 Å². The van der Waals surface area contributed by atoms with Gasteiger partial charge in [-0.3, -0.25) is 18.1 Å². The number of nitrogens with zero attached hydrogens (tertiary/aromatic N) is 5. The third-order valence-corrected chi connectivity index (χ3v) is 7.49. The van der Waals surface area contributed by atoms with Gasteiger partial charge in [0.15, 0.2) is 17.7 Å². The highest BCUT2D eigenvalue weighted by Crippen LogP contribution is 2.57. The van der Waals surface area contributed by atoms with Gasteiger partial charge in [-0.1, -0.05) is 0 Å². The molecule has 2 saturated heterocycles. The molecule has 0 aromatic carbocycles. The maximum Gasteiger partial charge on any atom is 0.475 e. The van der Waals surface area contributed by atoms with Gasteiger partial charge in [0.1, 0.15) is 29.7 Å². The average Bonchev–Trinajstić information content (AvgIpc) is 3.37. The Balaban J connectivity index is 1.29. The molecule has 2 fully saturated rings. The van der Waals surface area contributed by atoms with E-state index in [2.05, 4.69) is 19.9 Å². The third kappa shape index (κ3) is 4.38. The van der Waals surface area contributed by atoms with Gasteiger partial charge < -0.3 is 25.4 Å². The number of aromatic nitrogens is 5. The smallest absolute Gasteiger partial charge is 0.475 e. The molecule has 0 saturated carbocycles. The van der Waals surface area contributed by atoms with E-state index in [0.29, 0.717) is 29.0 Å². The summed E-state index contributed by atoms with van der Waals surface area (Å²) in [4.78, 5) is 16.3. The normalized spacial score (nSPS) is 33.3. The fourth-order valence-corrected chi connectivity index (χ4v) is 5.49. The largest absolute Gasteiger partial charge is 0.481 e. The van der Waals surface area contributed by atoms with Crippen LogP contribution < -0.4 is 10.5 Å². The predicted octanol–water partition coefficient (Wildman–Crippen LogP) is 1.12. The number of rotatable bonds is 6. The lowest BCUT2D eigenvalue weighted by molar-refractivity contribution is -0.0953. The number of pyridine rings is 1. The SMILES string of the molecule is COc1ccc([C@@H]2CCO[P@](=O)(OC[C@H]3O[C@@H](n4cnc5c(N)ncnc54)[C@](C)(O)[C@@H]3O)O2)cn1. The van der Waals surface area contributed by atoms with Crippen molar-refractivity contribution >= 4 is 24.8 Å². The van der Waals surface area contributed by atoms with Gasteiger partial charge in [0.25, 0.3) is 0 Å². The van der Waals surface area contributed by atoms with Gasteiger partial charge >= 0.3 is 7.82 Å². The van der Waals surface area contributed by atoms with E-state index >= 15 is 0 Å². The van der Waals surface area contributed by atoms with Gasteiger partial charge in [-0.05, 0) is 13.0 Å². The first-order valence-electron chi connectivity index (χ1n) is 10.8. The molecule has 35 heavy (non-hydrogen) atoms. The van der Waals surface area contributed by atoms with Gasteiger partial charge in [0, 0.05) is 24.2 Å². The highest BCUT2D eigenvalue weighted by molar-refractivity contribution is 7.48. The first-order valence-corrected chi connectivity index (χ1v) is 12.2. The Bertz CT molecular complexity index is 1250. The minimum Gasteiger partial charge on any atom is -0.481 e. The quantitative estimate of drug-likeness (QED) is 0.403. The summed E-state index contributed by atoms with van der Waals surface area (Å²) in [7, 11) is -2.48. The standard InChI is InChI=1S/C20H25N6O8P/c1-20(28)16(27)13(33-19(20)26-10-25-15-17(21)23-9-24-18(15)26)8-32-35(29)31-6-5-12(34-35)11-3-4-14(30-2)22-7-11/h3-4,7,9-10,12-13,16,19,27-28H,5-6,8H2,1-2H3,(H2,21,23,24)/t12-,13+,16+,19+,20+,35+/m0/s1. The lowest BCUT2D eigenvalue weighted by Crippen LogP contribution is -2.44. The van der Waals surface area contributed by atoms with Gasteiger partial charge in [0.2, 0.25) is 5.88 Å². The number of imidazole rings is 1. The van der Waals surface area contributed by atoms with Crippen LogP contribution in [0, 0.1) is 0 Å². The van der Waals surface area contributed by atoms with E-state index in [1.807, 2.05) is 0 Å². The molecular formula is C20H25N6O8P. The molecule has 5 heterocycles. The number of phosphoric ester groups is 1. The monoisotopic (exact) mass is 508 g/mol. The zero-order chi connectivity index (χ0) is 24.8. The van der Waals surface area contributed by atoms with Crippen LogP contribution in [0.25, 0.3) is 11.2 Å². The number of methoxy groups -OCH3 is 1. The highest BCUT2D eigenvalue weighted by Gasteiger charge is 2.54. The third-order valence-electron chi connectivity index (χ3n) is 6.02. The fraction of sp³-hybridized carbons (Fsp3) is 0.500. The van der Waals surface area contributed by atoms with Crippen LogP contribution in [-0.2, 0) is 22.9 Å². The number of hydrogen-bond donors (Lipinski definition) is 3. The summed E-state index contributed by atoms with van der Waals surface area (Å²) in [5.74, 6) is 0.604. The molecule has 2 aliphatic heterocycles. The van der Waals surface area contributed by atoms with Crippen LogP contribution in [0.1, 0.15) is 31.2 Å². The summed E-state index contributed by atoms with van der Waals surface area (Å²) in [5.41, 5.74) is 5.40. The number of nitrogens with two attached hydrogens (primary N) is 1. The van der Waals surface area contributed by atoms with Crippen LogP contribution >= 0.6 is 7.82 Å². The number of phosphoric acid groups is 1. The molecule has 188 valence electrons. The van der Waals surface area contributed by atoms with Gasteiger partial charge in [-0.15, -0.1) is 0 Å². The molecule has 2 aliphatic rings. The van der Waals surface area contributed by atoms with Crippen molar-refractivity contribution in [2.24, 2.45) is 0 Å². The number of aliphatic hydroxyl groups is 2. The van der Waals surface area contributed by atoms with E-state index < -0.39 is 38.0 Å². The minimum absolute atomic E-state index is 0.130. The van der Waals surface area contributed by atoms with E-state index in [0.717, 1.165) is 0 Å². The zero-order valence-corrected chi connectivity index (χ0v) is 19.8. The van der Waals surface area contributed by atoms with Crippen molar-refractivity contribution in [3.63, 3.8) is 0 Å². The van der Waals surface area contributed by atoms with Gasteiger partial charge in [0.05, 0.1) is 32.8 Å². The Morgan fingerprint density at radius 1 is 1.31 bits per heavy atom. The van der Waals surface area contributed by atoms with Crippen LogP contribution in [0.2, 0.25) is 0 Å².